The lowest BCUT2D eigenvalue weighted by Crippen LogP contribution is -2.59. The number of nitrogens with two attached hydrogens (primary N) is 1. The number of sulfonamides is 1. The molecule has 1 aliphatic heterocycles. The van der Waals surface area contributed by atoms with Gasteiger partial charge in [-0.1, -0.05) is 73.8 Å². The Morgan fingerprint density at radius 3 is 2.32 bits per heavy atom. The van der Waals surface area contributed by atoms with Gasteiger partial charge in [0.25, 0.3) is 0 Å². The predicted molar refractivity (Wildman–Crippen MR) is 151 cm³/mol. The first-order chi connectivity index (χ1) is 17.4. The molecule has 2 fully saturated rings. The van der Waals surface area contributed by atoms with Crippen LogP contribution in [0, 0.1) is 5.41 Å². The smallest absolute Gasteiger partial charge is 0.229 e. The number of amides is 1. The quantitative estimate of drug-likeness (QED) is 0.333. The van der Waals surface area contributed by atoms with Gasteiger partial charge in [0.15, 0.2) is 0 Å². The van der Waals surface area contributed by atoms with Gasteiger partial charge in [0.1, 0.15) is 0 Å². The predicted octanol–water partition coefficient (Wildman–Crippen LogP) is 7.01. The summed E-state index contributed by atoms with van der Waals surface area (Å²) in [5.41, 5.74) is 1.30. The van der Waals surface area contributed by atoms with Gasteiger partial charge in [-0.25, -0.2) is 13.6 Å². The first-order valence-electron chi connectivity index (χ1n) is 12.9. The summed E-state index contributed by atoms with van der Waals surface area (Å²) >= 11 is 12.7. The van der Waals surface area contributed by atoms with Crippen molar-refractivity contribution < 1.29 is 13.2 Å². The van der Waals surface area contributed by atoms with Crippen LogP contribution in [-0.2, 0) is 14.8 Å². The van der Waals surface area contributed by atoms with Crippen LogP contribution in [0.2, 0.25) is 10.0 Å². The summed E-state index contributed by atoms with van der Waals surface area (Å²) < 4.78 is 24.5. The van der Waals surface area contributed by atoms with E-state index in [1.807, 2.05) is 61.2 Å². The van der Waals surface area contributed by atoms with Crippen LogP contribution in [0.3, 0.4) is 0 Å². The van der Waals surface area contributed by atoms with E-state index in [-0.39, 0.29) is 23.9 Å². The zero-order valence-electron chi connectivity index (χ0n) is 21.5. The lowest BCUT2D eigenvalue weighted by atomic mass is 9.66. The average Bonchev–Trinajstić information content (AvgIpc) is 2.81. The molecule has 2 aromatic rings. The fourth-order valence-corrected chi connectivity index (χ4v) is 7.94. The molecule has 2 N–H and O–H groups in total. The third-order valence-electron chi connectivity index (χ3n) is 8.53. The molecule has 0 radical (unpaired) electrons. The van der Waals surface area contributed by atoms with Gasteiger partial charge in [0, 0.05) is 22.0 Å². The van der Waals surface area contributed by atoms with Gasteiger partial charge in [0.2, 0.25) is 15.9 Å². The molecule has 2 aliphatic rings. The normalized spacial score (nSPS) is 26.4. The Morgan fingerprint density at radius 2 is 1.81 bits per heavy atom. The highest BCUT2D eigenvalue weighted by Gasteiger charge is 2.54. The summed E-state index contributed by atoms with van der Waals surface area (Å²) in [5, 5.41) is 7.02. The van der Waals surface area contributed by atoms with Crippen molar-refractivity contribution in [2.45, 2.75) is 81.5 Å². The number of nitrogens with zero attached hydrogens (tertiary/aromatic N) is 1. The number of likely N-dealkylation sites (tertiary alicyclic amines) is 1. The largest absolute Gasteiger partial charge is 0.332 e. The Hall–Kier alpha value is -1.86. The molecule has 8 heteroatoms. The minimum Gasteiger partial charge on any atom is -0.332 e. The van der Waals surface area contributed by atoms with Crippen molar-refractivity contribution in [1.82, 2.24) is 4.90 Å². The first kappa shape index (κ1) is 28.2. The maximum Gasteiger partial charge on any atom is 0.229 e. The lowest BCUT2D eigenvalue weighted by Gasteiger charge is -2.54. The molecule has 37 heavy (non-hydrogen) atoms. The van der Waals surface area contributed by atoms with Crippen molar-refractivity contribution in [3.63, 3.8) is 0 Å². The molecule has 1 aliphatic carbocycles. The van der Waals surface area contributed by atoms with E-state index in [0.29, 0.717) is 48.6 Å². The van der Waals surface area contributed by atoms with E-state index in [1.165, 1.54) is 0 Å². The van der Waals surface area contributed by atoms with Crippen molar-refractivity contribution in [3.8, 4) is 0 Å². The van der Waals surface area contributed by atoms with E-state index in [2.05, 4.69) is 12.6 Å². The van der Waals surface area contributed by atoms with E-state index < -0.39 is 20.2 Å². The van der Waals surface area contributed by atoms with Gasteiger partial charge in [-0.05, 0) is 73.9 Å². The number of carbonyl (C=O) groups excluding carboxylic acids is 1. The molecule has 4 rings (SSSR count). The number of primary sulfonamides is 1. The fourth-order valence-electron chi connectivity index (χ4n) is 6.33. The molecular weight excluding hydrogens is 527 g/mol. The molecule has 0 spiro atoms. The summed E-state index contributed by atoms with van der Waals surface area (Å²) in [6.45, 7) is 7.94. The van der Waals surface area contributed by atoms with Crippen molar-refractivity contribution >= 4 is 39.1 Å². The maximum atomic E-state index is 14.4. The second-order valence-electron chi connectivity index (χ2n) is 11.0. The molecule has 2 aromatic carbocycles. The molecule has 200 valence electrons. The van der Waals surface area contributed by atoms with E-state index in [4.69, 9.17) is 28.3 Å². The van der Waals surface area contributed by atoms with Crippen LogP contribution in [0.1, 0.15) is 81.9 Å². The number of hydrogen-bond acceptors (Lipinski definition) is 3. The van der Waals surface area contributed by atoms with Crippen LogP contribution in [0.5, 0.6) is 0 Å². The second-order valence-corrected chi connectivity index (χ2v) is 13.8. The number of benzene rings is 2. The van der Waals surface area contributed by atoms with Crippen LogP contribution in [0.15, 0.2) is 61.2 Å². The SMILES string of the molecule is C=CC[C@@]1(C)C[C@H](c2cccc(Cl)c2)[C@@H](c2ccc(Cl)cc2)N([C@@H](CC)CC2(S(N)(=O)=O)CCC2)C1=O. The van der Waals surface area contributed by atoms with Gasteiger partial charge in [-0.3, -0.25) is 4.79 Å². The summed E-state index contributed by atoms with van der Waals surface area (Å²) in [5.74, 6) is -0.0511. The molecule has 0 bridgehead atoms. The van der Waals surface area contributed by atoms with Crippen molar-refractivity contribution in [3.05, 3.63) is 82.4 Å². The molecule has 1 saturated heterocycles. The molecule has 0 aromatic heterocycles. The Kier molecular flexibility index (Phi) is 8.16. The highest BCUT2D eigenvalue weighted by atomic mass is 35.5. The van der Waals surface area contributed by atoms with Crippen LogP contribution in [0.4, 0.5) is 0 Å². The van der Waals surface area contributed by atoms with Gasteiger partial charge >= 0.3 is 0 Å². The molecule has 0 unspecified atom stereocenters. The number of carbonyl (C=O) groups is 1. The van der Waals surface area contributed by atoms with E-state index >= 15 is 0 Å². The Bertz CT molecular complexity index is 1260. The molecular formula is C29H36Cl2N2O3S. The number of rotatable bonds is 9. The minimum atomic E-state index is -3.78. The first-order valence-corrected chi connectivity index (χ1v) is 15.2. The summed E-state index contributed by atoms with van der Waals surface area (Å²) in [4.78, 5) is 16.4. The minimum absolute atomic E-state index is 0.0152. The monoisotopic (exact) mass is 562 g/mol. The van der Waals surface area contributed by atoms with Gasteiger partial charge in [-0.15, -0.1) is 6.58 Å². The molecule has 4 atom stereocenters. The van der Waals surface area contributed by atoms with Gasteiger partial charge < -0.3 is 4.90 Å². The van der Waals surface area contributed by atoms with Crippen molar-refractivity contribution in [2.24, 2.45) is 10.6 Å². The number of allylic oxidation sites excluding steroid dienone is 1. The van der Waals surface area contributed by atoms with Gasteiger partial charge in [-0.2, -0.15) is 0 Å². The van der Waals surface area contributed by atoms with E-state index in [1.54, 1.807) is 6.08 Å². The van der Waals surface area contributed by atoms with Crippen LogP contribution < -0.4 is 5.14 Å². The molecule has 1 saturated carbocycles. The highest BCUT2D eigenvalue weighted by Crippen LogP contribution is 2.54. The molecule has 1 amide bonds. The standard InChI is InChI=1S/C29H36Cl2N2O3S/c1-4-14-28(3)19-25(21-8-6-9-23(31)17-21)26(20-10-12-22(30)13-11-20)33(27(28)34)24(5-2)18-29(15-7-16-29)37(32,35)36/h4,6,8-13,17,24-26H,1,5,7,14-16,18-19H2,2-3H3,(H2,32,35,36)/t24-,25+,26+,28-/m0/s1. The number of hydrogen-bond donors (Lipinski definition) is 1. The van der Waals surface area contributed by atoms with Gasteiger partial charge in [0.05, 0.1) is 16.2 Å². The third kappa shape index (κ3) is 5.36. The summed E-state index contributed by atoms with van der Waals surface area (Å²) in [6.07, 6.45) is 5.73. The second kappa shape index (κ2) is 10.7. The van der Waals surface area contributed by atoms with Crippen molar-refractivity contribution in [1.29, 1.82) is 0 Å². The lowest BCUT2D eigenvalue weighted by molar-refractivity contribution is -0.155. The van der Waals surface area contributed by atoms with Crippen LogP contribution in [-0.4, -0.2) is 30.0 Å². The molecule has 1 heterocycles. The highest BCUT2D eigenvalue weighted by molar-refractivity contribution is 7.90. The number of halogens is 2. The summed E-state index contributed by atoms with van der Waals surface area (Å²) in [6, 6.07) is 14.8. The van der Waals surface area contributed by atoms with Crippen LogP contribution in [0.25, 0.3) is 0 Å². The zero-order valence-corrected chi connectivity index (χ0v) is 23.8. The van der Waals surface area contributed by atoms with Crippen LogP contribution >= 0.6 is 23.2 Å². The maximum absolute atomic E-state index is 14.4. The topological polar surface area (TPSA) is 80.5 Å². The fraction of sp³-hybridized carbons (Fsp3) is 0.483. The zero-order chi connectivity index (χ0) is 27.0. The Balaban J connectivity index is 1.90. The Labute approximate surface area is 231 Å². The third-order valence-corrected chi connectivity index (χ3v) is 10.8. The Morgan fingerprint density at radius 1 is 1.14 bits per heavy atom. The van der Waals surface area contributed by atoms with Crippen molar-refractivity contribution in [2.75, 3.05) is 0 Å². The molecule has 5 nitrogen and oxygen atoms in total. The number of piperidine rings is 1. The van der Waals surface area contributed by atoms with E-state index in [0.717, 1.165) is 17.5 Å². The van der Waals surface area contributed by atoms with E-state index in [9.17, 15) is 13.2 Å². The average molecular weight is 564 g/mol. The summed E-state index contributed by atoms with van der Waals surface area (Å²) in [7, 11) is -3.78.